The molecule has 0 bridgehead atoms. The summed E-state index contributed by atoms with van der Waals surface area (Å²) >= 11 is 0. The topological polar surface area (TPSA) is 54.9 Å². The summed E-state index contributed by atoms with van der Waals surface area (Å²) in [5.41, 5.74) is 0.379. The molecule has 0 saturated heterocycles. The Bertz CT molecular complexity index is 297. The second-order valence-electron chi connectivity index (χ2n) is 5.77. The molecule has 22 heavy (non-hydrogen) atoms. The number of guanidine groups is 1. The van der Waals surface area contributed by atoms with E-state index in [1.807, 2.05) is 6.92 Å². The molecule has 1 rings (SSSR count). The maximum Gasteiger partial charge on any atom is 0.191 e. The van der Waals surface area contributed by atoms with Gasteiger partial charge in [-0.15, -0.1) is 24.0 Å². The number of nitrogens with one attached hydrogen (secondary N) is 2. The number of rotatable bonds is 11. The van der Waals surface area contributed by atoms with Crippen LogP contribution < -0.4 is 10.6 Å². The number of halogens is 1. The van der Waals surface area contributed by atoms with Gasteiger partial charge in [-0.2, -0.15) is 0 Å². The third-order valence-corrected chi connectivity index (χ3v) is 4.13. The number of ether oxygens (including phenoxy) is 2. The Morgan fingerprint density at radius 2 is 1.95 bits per heavy atom. The zero-order valence-corrected chi connectivity index (χ0v) is 16.8. The van der Waals surface area contributed by atoms with Crippen molar-refractivity contribution in [3.05, 3.63) is 0 Å². The molecule has 0 aliphatic heterocycles. The average molecular weight is 427 g/mol. The molecule has 0 unspecified atom stereocenters. The summed E-state index contributed by atoms with van der Waals surface area (Å²) in [6, 6.07) is 0. The Morgan fingerprint density at radius 3 is 2.50 bits per heavy atom. The molecule has 0 aromatic heterocycles. The molecule has 2 N–H and O–H groups in total. The number of aliphatic imine (C=N–C) groups is 1. The summed E-state index contributed by atoms with van der Waals surface area (Å²) in [4.78, 5) is 4.78. The Labute approximate surface area is 153 Å². The van der Waals surface area contributed by atoms with Gasteiger partial charge < -0.3 is 20.1 Å². The summed E-state index contributed by atoms with van der Waals surface area (Å²) in [7, 11) is 1.78. The number of hydrogen-bond donors (Lipinski definition) is 2. The second kappa shape index (κ2) is 13.4. The quantitative estimate of drug-likeness (QED) is 0.231. The maximum atomic E-state index is 5.35. The zero-order chi connectivity index (χ0) is 15.4. The smallest absolute Gasteiger partial charge is 0.191 e. The van der Waals surface area contributed by atoms with E-state index in [0.29, 0.717) is 5.41 Å². The molecule has 6 heteroatoms. The minimum absolute atomic E-state index is 0. The molecule has 1 fully saturated rings. The molecule has 0 radical (unpaired) electrons. The normalized spacial score (nSPS) is 16.6. The molecule has 0 aromatic carbocycles. The average Bonchev–Trinajstić information content (AvgIpc) is 2.45. The van der Waals surface area contributed by atoms with Crippen molar-refractivity contribution < 1.29 is 9.47 Å². The Balaban J connectivity index is 0.00000441. The van der Waals surface area contributed by atoms with Crippen LogP contribution in [0.2, 0.25) is 0 Å². The third kappa shape index (κ3) is 8.53. The summed E-state index contributed by atoms with van der Waals surface area (Å²) in [6.07, 6.45) is 6.02. The van der Waals surface area contributed by atoms with Crippen molar-refractivity contribution in [1.82, 2.24) is 10.6 Å². The summed E-state index contributed by atoms with van der Waals surface area (Å²) < 4.78 is 10.6. The lowest BCUT2D eigenvalue weighted by atomic mass is 9.67. The molecule has 1 saturated carbocycles. The van der Waals surface area contributed by atoms with Gasteiger partial charge in [0.15, 0.2) is 5.96 Å². The number of methoxy groups -OCH3 is 1. The fourth-order valence-electron chi connectivity index (χ4n) is 2.60. The van der Waals surface area contributed by atoms with Gasteiger partial charge in [-0.3, -0.25) is 4.99 Å². The Hall–Kier alpha value is -0.0800. The number of nitrogens with zero attached hydrogens (tertiary/aromatic N) is 1. The highest BCUT2D eigenvalue weighted by atomic mass is 127. The highest BCUT2D eigenvalue weighted by Gasteiger charge is 2.36. The largest absolute Gasteiger partial charge is 0.385 e. The van der Waals surface area contributed by atoms with E-state index < -0.39 is 0 Å². The Kier molecular flexibility index (Phi) is 13.3. The third-order valence-electron chi connectivity index (χ3n) is 4.13. The van der Waals surface area contributed by atoms with Gasteiger partial charge in [-0.1, -0.05) is 6.42 Å². The van der Waals surface area contributed by atoms with Gasteiger partial charge in [-0.05, 0) is 44.9 Å². The van der Waals surface area contributed by atoms with Gasteiger partial charge in [0.25, 0.3) is 0 Å². The van der Waals surface area contributed by atoms with E-state index in [1.165, 1.54) is 19.3 Å². The fraction of sp³-hybridized carbons (Fsp3) is 0.938. The van der Waals surface area contributed by atoms with E-state index >= 15 is 0 Å². The Morgan fingerprint density at radius 1 is 1.18 bits per heavy atom. The van der Waals surface area contributed by atoms with E-state index in [9.17, 15) is 0 Å². The minimum Gasteiger partial charge on any atom is -0.385 e. The standard InChI is InChI=1S/C16H33N3O2.HI/c1-4-17-15(18-11-7-12-21-5-2)19-14-16(8-6-9-16)10-13-20-3;/h4-14H2,1-3H3,(H2,17,18,19);1H. The van der Waals surface area contributed by atoms with Crippen LogP contribution in [-0.2, 0) is 9.47 Å². The van der Waals surface area contributed by atoms with Gasteiger partial charge in [0.2, 0.25) is 0 Å². The van der Waals surface area contributed by atoms with Crippen LogP contribution in [0.3, 0.4) is 0 Å². The van der Waals surface area contributed by atoms with Crippen LogP contribution in [0.1, 0.15) is 46.0 Å². The fourth-order valence-corrected chi connectivity index (χ4v) is 2.60. The van der Waals surface area contributed by atoms with Crippen LogP contribution >= 0.6 is 24.0 Å². The predicted molar refractivity (Wildman–Crippen MR) is 103 cm³/mol. The summed E-state index contributed by atoms with van der Waals surface area (Å²) in [5, 5.41) is 6.70. The predicted octanol–water partition coefficient (Wildman–Crippen LogP) is 2.79. The van der Waals surface area contributed by atoms with E-state index in [0.717, 1.165) is 58.3 Å². The van der Waals surface area contributed by atoms with Crippen molar-refractivity contribution >= 4 is 29.9 Å². The first-order chi connectivity index (χ1) is 10.3. The van der Waals surface area contributed by atoms with Gasteiger partial charge in [0.1, 0.15) is 0 Å². The van der Waals surface area contributed by atoms with Crippen LogP contribution in [0.15, 0.2) is 4.99 Å². The highest BCUT2D eigenvalue weighted by molar-refractivity contribution is 14.0. The lowest BCUT2D eigenvalue weighted by molar-refractivity contribution is 0.0778. The van der Waals surface area contributed by atoms with Crippen molar-refractivity contribution in [3.8, 4) is 0 Å². The van der Waals surface area contributed by atoms with E-state index in [2.05, 4.69) is 17.6 Å². The van der Waals surface area contributed by atoms with Crippen molar-refractivity contribution in [3.63, 3.8) is 0 Å². The first kappa shape index (κ1) is 21.9. The van der Waals surface area contributed by atoms with Crippen LogP contribution in [0.4, 0.5) is 0 Å². The monoisotopic (exact) mass is 427 g/mol. The van der Waals surface area contributed by atoms with Gasteiger partial charge >= 0.3 is 0 Å². The zero-order valence-electron chi connectivity index (χ0n) is 14.5. The lowest BCUT2D eigenvalue weighted by Crippen LogP contribution is -2.40. The summed E-state index contributed by atoms with van der Waals surface area (Å²) in [6.45, 7) is 9.25. The van der Waals surface area contributed by atoms with Crippen molar-refractivity contribution in [2.24, 2.45) is 10.4 Å². The van der Waals surface area contributed by atoms with E-state index in [-0.39, 0.29) is 24.0 Å². The van der Waals surface area contributed by atoms with Gasteiger partial charge in [0.05, 0.1) is 0 Å². The molecule has 0 heterocycles. The molecule has 1 aliphatic carbocycles. The first-order valence-electron chi connectivity index (χ1n) is 8.35. The SMILES string of the molecule is CCNC(=NCC1(CCOC)CCC1)NCCCOCC.I. The first-order valence-corrected chi connectivity index (χ1v) is 8.35. The molecule has 1 aliphatic rings. The van der Waals surface area contributed by atoms with Crippen molar-refractivity contribution in [2.75, 3.05) is 46.6 Å². The van der Waals surface area contributed by atoms with Crippen LogP contribution in [-0.4, -0.2) is 52.5 Å². The van der Waals surface area contributed by atoms with Crippen molar-refractivity contribution in [2.45, 2.75) is 46.0 Å². The maximum absolute atomic E-state index is 5.35. The van der Waals surface area contributed by atoms with Gasteiger partial charge in [-0.25, -0.2) is 0 Å². The minimum atomic E-state index is 0. The van der Waals surface area contributed by atoms with Crippen LogP contribution in [0, 0.1) is 5.41 Å². The van der Waals surface area contributed by atoms with E-state index in [4.69, 9.17) is 14.5 Å². The molecule has 0 amide bonds. The summed E-state index contributed by atoms with van der Waals surface area (Å²) in [5.74, 6) is 0.928. The molecule has 0 aromatic rings. The van der Waals surface area contributed by atoms with Gasteiger partial charge in [0, 0.05) is 46.6 Å². The number of hydrogen-bond acceptors (Lipinski definition) is 3. The second-order valence-corrected chi connectivity index (χ2v) is 5.77. The van der Waals surface area contributed by atoms with E-state index in [1.54, 1.807) is 7.11 Å². The molecular weight excluding hydrogens is 393 g/mol. The lowest BCUT2D eigenvalue weighted by Gasteiger charge is -2.40. The highest BCUT2D eigenvalue weighted by Crippen LogP contribution is 2.44. The molecule has 0 atom stereocenters. The van der Waals surface area contributed by atoms with Crippen molar-refractivity contribution in [1.29, 1.82) is 0 Å². The van der Waals surface area contributed by atoms with Crippen LogP contribution in [0.25, 0.3) is 0 Å². The van der Waals surface area contributed by atoms with Crippen LogP contribution in [0.5, 0.6) is 0 Å². The molecule has 0 spiro atoms. The molecule has 5 nitrogen and oxygen atoms in total. The molecular formula is C16H34IN3O2. The molecule has 132 valence electrons.